The van der Waals surface area contributed by atoms with E-state index in [1.165, 1.54) is 51.7 Å². The third-order valence-electron chi connectivity index (χ3n) is 4.32. The van der Waals surface area contributed by atoms with E-state index in [1.807, 2.05) is 0 Å². The molecule has 2 fully saturated rings. The Bertz CT molecular complexity index is 185. The van der Waals surface area contributed by atoms with Gasteiger partial charge in [-0.05, 0) is 38.0 Å². The van der Waals surface area contributed by atoms with E-state index in [0.717, 1.165) is 18.0 Å². The van der Waals surface area contributed by atoms with Crippen LogP contribution in [0.4, 0.5) is 0 Å². The SMILES string of the molecule is CCC1CNCCN1C1CCC(C)CC1. The topological polar surface area (TPSA) is 15.3 Å². The quantitative estimate of drug-likeness (QED) is 0.752. The highest BCUT2D eigenvalue weighted by Crippen LogP contribution is 2.29. The summed E-state index contributed by atoms with van der Waals surface area (Å²) in [6, 6.07) is 1.70. The van der Waals surface area contributed by atoms with Crippen molar-refractivity contribution in [2.45, 2.75) is 58.0 Å². The van der Waals surface area contributed by atoms with Crippen LogP contribution in [-0.4, -0.2) is 36.6 Å². The normalized spacial score (nSPS) is 39.2. The Morgan fingerprint density at radius 1 is 1.20 bits per heavy atom. The lowest BCUT2D eigenvalue weighted by molar-refractivity contribution is 0.0714. The molecule has 0 radical (unpaired) electrons. The molecule has 1 atom stereocenters. The minimum Gasteiger partial charge on any atom is -0.314 e. The fourth-order valence-electron chi connectivity index (χ4n) is 3.21. The minimum atomic E-state index is 0.803. The van der Waals surface area contributed by atoms with Gasteiger partial charge in [0.25, 0.3) is 0 Å². The Hall–Kier alpha value is -0.0800. The van der Waals surface area contributed by atoms with Crippen LogP contribution >= 0.6 is 0 Å². The first-order valence-electron chi connectivity index (χ1n) is 6.77. The van der Waals surface area contributed by atoms with Gasteiger partial charge in [0, 0.05) is 31.7 Å². The summed E-state index contributed by atoms with van der Waals surface area (Å²) in [4.78, 5) is 2.79. The molecule has 1 aliphatic heterocycles. The Morgan fingerprint density at radius 2 is 1.93 bits per heavy atom. The summed E-state index contributed by atoms with van der Waals surface area (Å²) in [6.45, 7) is 8.42. The van der Waals surface area contributed by atoms with Crippen LogP contribution in [0.25, 0.3) is 0 Å². The highest BCUT2D eigenvalue weighted by Gasteiger charge is 2.29. The molecule has 0 bridgehead atoms. The van der Waals surface area contributed by atoms with Gasteiger partial charge in [-0.2, -0.15) is 0 Å². The molecule has 2 aliphatic rings. The van der Waals surface area contributed by atoms with Crippen LogP contribution < -0.4 is 5.32 Å². The minimum absolute atomic E-state index is 0.803. The molecule has 1 aliphatic carbocycles. The van der Waals surface area contributed by atoms with Crippen LogP contribution in [0.3, 0.4) is 0 Å². The van der Waals surface area contributed by atoms with E-state index in [4.69, 9.17) is 0 Å². The molecule has 1 heterocycles. The van der Waals surface area contributed by atoms with E-state index in [2.05, 4.69) is 24.1 Å². The summed E-state index contributed by atoms with van der Waals surface area (Å²) >= 11 is 0. The molecule has 1 N–H and O–H groups in total. The van der Waals surface area contributed by atoms with E-state index in [0.29, 0.717) is 0 Å². The molecule has 0 aromatic rings. The van der Waals surface area contributed by atoms with Crippen molar-refractivity contribution in [3.63, 3.8) is 0 Å². The lowest BCUT2D eigenvalue weighted by Gasteiger charge is -2.43. The van der Waals surface area contributed by atoms with E-state index in [-0.39, 0.29) is 0 Å². The predicted octanol–water partition coefficient (Wildman–Crippen LogP) is 2.25. The summed E-state index contributed by atoms with van der Waals surface area (Å²) in [7, 11) is 0. The van der Waals surface area contributed by atoms with Crippen molar-refractivity contribution in [1.29, 1.82) is 0 Å². The number of hydrogen-bond donors (Lipinski definition) is 1. The Kier molecular flexibility index (Phi) is 4.04. The summed E-state index contributed by atoms with van der Waals surface area (Å²) < 4.78 is 0. The Balaban J connectivity index is 1.90. The van der Waals surface area contributed by atoms with Crippen molar-refractivity contribution in [2.75, 3.05) is 19.6 Å². The van der Waals surface area contributed by atoms with Crippen LogP contribution in [-0.2, 0) is 0 Å². The molecule has 1 unspecified atom stereocenters. The number of nitrogens with zero attached hydrogens (tertiary/aromatic N) is 1. The van der Waals surface area contributed by atoms with Gasteiger partial charge in [-0.1, -0.05) is 13.8 Å². The average Bonchev–Trinajstić information content (AvgIpc) is 2.30. The van der Waals surface area contributed by atoms with Crippen molar-refractivity contribution in [2.24, 2.45) is 5.92 Å². The zero-order chi connectivity index (χ0) is 10.7. The van der Waals surface area contributed by atoms with Gasteiger partial charge in [0.15, 0.2) is 0 Å². The fraction of sp³-hybridized carbons (Fsp3) is 1.00. The summed E-state index contributed by atoms with van der Waals surface area (Å²) in [5, 5.41) is 3.52. The third-order valence-corrected chi connectivity index (χ3v) is 4.32. The predicted molar refractivity (Wildman–Crippen MR) is 65.1 cm³/mol. The van der Waals surface area contributed by atoms with Crippen molar-refractivity contribution < 1.29 is 0 Å². The number of rotatable bonds is 2. The molecule has 2 nitrogen and oxygen atoms in total. The smallest absolute Gasteiger partial charge is 0.0221 e. The first kappa shape index (κ1) is 11.4. The van der Waals surface area contributed by atoms with Crippen LogP contribution in [0.1, 0.15) is 46.0 Å². The van der Waals surface area contributed by atoms with Crippen molar-refractivity contribution in [1.82, 2.24) is 10.2 Å². The molecule has 0 aromatic carbocycles. The molecule has 2 heteroatoms. The molecule has 0 spiro atoms. The van der Waals surface area contributed by atoms with E-state index < -0.39 is 0 Å². The highest BCUT2D eigenvalue weighted by molar-refractivity contribution is 4.86. The molecule has 1 saturated heterocycles. The van der Waals surface area contributed by atoms with E-state index in [1.54, 1.807) is 0 Å². The summed E-state index contributed by atoms with van der Waals surface area (Å²) in [6.07, 6.45) is 7.09. The van der Waals surface area contributed by atoms with Crippen LogP contribution in [0, 0.1) is 5.92 Å². The maximum atomic E-state index is 3.52. The number of hydrogen-bond acceptors (Lipinski definition) is 2. The standard InChI is InChI=1S/C13H26N2/c1-3-12-10-14-8-9-15(12)13-6-4-11(2)5-7-13/h11-14H,3-10H2,1-2H3. The number of nitrogens with one attached hydrogen (secondary N) is 1. The van der Waals surface area contributed by atoms with Gasteiger partial charge in [0.05, 0.1) is 0 Å². The van der Waals surface area contributed by atoms with Gasteiger partial charge in [-0.15, -0.1) is 0 Å². The second kappa shape index (κ2) is 5.31. The molecule has 0 amide bonds. The lowest BCUT2D eigenvalue weighted by atomic mass is 9.85. The molecule has 1 saturated carbocycles. The second-order valence-corrected chi connectivity index (χ2v) is 5.42. The first-order valence-corrected chi connectivity index (χ1v) is 6.77. The zero-order valence-electron chi connectivity index (χ0n) is 10.3. The monoisotopic (exact) mass is 210 g/mol. The van der Waals surface area contributed by atoms with Crippen LogP contribution in [0.5, 0.6) is 0 Å². The number of piperazine rings is 1. The second-order valence-electron chi connectivity index (χ2n) is 5.42. The van der Waals surface area contributed by atoms with Crippen LogP contribution in [0.2, 0.25) is 0 Å². The Labute approximate surface area is 94.4 Å². The Morgan fingerprint density at radius 3 is 2.60 bits per heavy atom. The molecular formula is C13H26N2. The van der Waals surface area contributed by atoms with Gasteiger partial charge in [-0.3, -0.25) is 4.90 Å². The molecule has 88 valence electrons. The summed E-state index contributed by atoms with van der Waals surface area (Å²) in [5.41, 5.74) is 0. The van der Waals surface area contributed by atoms with Crippen molar-refractivity contribution in [3.05, 3.63) is 0 Å². The van der Waals surface area contributed by atoms with Crippen molar-refractivity contribution in [3.8, 4) is 0 Å². The zero-order valence-corrected chi connectivity index (χ0v) is 10.3. The summed E-state index contributed by atoms with van der Waals surface area (Å²) in [5.74, 6) is 0.976. The highest BCUT2D eigenvalue weighted by atomic mass is 15.2. The van der Waals surface area contributed by atoms with Gasteiger partial charge >= 0.3 is 0 Å². The molecule has 2 rings (SSSR count). The van der Waals surface area contributed by atoms with Crippen LogP contribution in [0.15, 0.2) is 0 Å². The molecule has 15 heavy (non-hydrogen) atoms. The van der Waals surface area contributed by atoms with Gasteiger partial charge in [-0.25, -0.2) is 0 Å². The molecular weight excluding hydrogens is 184 g/mol. The fourth-order valence-corrected chi connectivity index (χ4v) is 3.21. The molecule has 0 aromatic heterocycles. The lowest BCUT2D eigenvalue weighted by Crippen LogP contribution is -2.55. The largest absolute Gasteiger partial charge is 0.314 e. The maximum absolute atomic E-state index is 3.52. The first-order chi connectivity index (χ1) is 7.31. The van der Waals surface area contributed by atoms with Gasteiger partial charge in [0.1, 0.15) is 0 Å². The third kappa shape index (κ3) is 2.73. The van der Waals surface area contributed by atoms with E-state index in [9.17, 15) is 0 Å². The average molecular weight is 210 g/mol. The van der Waals surface area contributed by atoms with Gasteiger partial charge < -0.3 is 5.32 Å². The van der Waals surface area contributed by atoms with Gasteiger partial charge in [0.2, 0.25) is 0 Å². The van der Waals surface area contributed by atoms with Crippen molar-refractivity contribution >= 4 is 0 Å². The van der Waals surface area contributed by atoms with E-state index >= 15 is 0 Å². The maximum Gasteiger partial charge on any atom is 0.0221 e.